The van der Waals surface area contributed by atoms with Crippen LogP contribution in [0, 0.1) is 0 Å². The summed E-state index contributed by atoms with van der Waals surface area (Å²) in [5, 5.41) is 42.7. The second kappa shape index (κ2) is 23.4. The molecule has 4 aromatic carbocycles. The van der Waals surface area contributed by atoms with Gasteiger partial charge < -0.3 is 58.3 Å². The van der Waals surface area contributed by atoms with Crippen LogP contribution in [0.5, 0.6) is 23.0 Å². The number of hydrogen-bond donors (Lipinski definition) is 4. The van der Waals surface area contributed by atoms with Gasteiger partial charge in [0, 0.05) is 24.3 Å². The van der Waals surface area contributed by atoms with E-state index in [2.05, 4.69) is 26.3 Å². The Balaban J connectivity index is 1.64. The van der Waals surface area contributed by atoms with Crippen molar-refractivity contribution in [3.05, 3.63) is 158 Å². The normalized spacial score (nSPS) is 13.8. The lowest BCUT2D eigenvalue weighted by atomic mass is 9.67. The molecule has 4 N–H and O–H groups in total. The molecular formula is C49H50O16. The van der Waals surface area contributed by atoms with Crippen LogP contribution >= 0.6 is 0 Å². The lowest BCUT2D eigenvalue weighted by molar-refractivity contribution is -0.142. The van der Waals surface area contributed by atoms with Crippen LogP contribution in [0.3, 0.4) is 0 Å². The first-order valence-corrected chi connectivity index (χ1v) is 20.2. The van der Waals surface area contributed by atoms with Gasteiger partial charge in [-0.05, 0) is 57.6 Å². The zero-order valence-corrected chi connectivity index (χ0v) is 35.4. The number of aliphatic hydroxyl groups excluding tert-OH is 4. The minimum Gasteiger partial charge on any atom is -0.487 e. The van der Waals surface area contributed by atoms with Gasteiger partial charge in [-0.15, -0.1) is 0 Å². The maximum Gasteiger partial charge on any atom is 0.330 e. The van der Waals surface area contributed by atoms with Crippen molar-refractivity contribution >= 4 is 23.9 Å². The molecule has 0 saturated carbocycles. The Labute approximate surface area is 375 Å². The lowest BCUT2D eigenvalue weighted by Crippen LogP contribution is -2.30. The van der Waals surface area contributed by atoms with Crippen LogP contribution < -0.4 is 18.9 Å². The zero-order valence-electron chi connectivity index (χ0n) is 35.4. The Kier molecular flexibility index (Phi) is 17.6. The molecule has 0 radical (unpaired) electrons. The van der Waals surface area contributed by atoms with Crippen LogP contribution in [-0.4, -0.2) is 122 Å². The third-order valence-electron chi connectivity index (χ3n) is 9.77. The molecule has 4 unspecified atom stereocenters. The Morgan fingerprint density at radius 3 is 1.03 bits per heavy atom. The predicted octanol–water partition coefficient (Wildman–Crippen LogP) is 3.93. The van der Waals surface area contributed by atoms with Gasteiger partial charge in [0.15, 0.2) is 23.0 Å². The van der Waals surface area contributed by atoms with Crippen molar-refractivity contribution < 1.29 is 77.5 Å². The number of hydrogen-bond acceptors (Lipinski definition) is 16. The smallest absolute Gasteiger partial charge is 0.330 e. The zero-order chi connectivity index (χ0) is 46.9. The summed E-state index contributed by atoms with van der Waals surface area (Å²) in [6, 6.07) is 25.8. The maximum absolute atomic E-state index is 11.7. The van der Waals surface area contributed by atoms with Crippen LogP contribution in [-0.2, 0) is 43.5 Å². The third kappa shape index (κ3) is 12.5. The average molecular weight is 895 g/mol. The summed E-state index contributed by atoms with van der Waals surface area (Å²) in [4.78, 5) is 46.7. The van der Waals surface area contributed by atoms with E-state index in [1.54, 1.807) is 36.4 Å². The molecule has 65 heavy (non-hydrogen) atoms. The van der Waals surface area contributed by atoms with Gasteiger partial charge in [0.1, 0.15) is 77.3 Å². The molecule has 0 heterocycles. The van der Waals surface area contributed by atoms with Crippen molar-refractivity contribution in [2.75, 3.05) is 52.9 Å². The van der Waals surface area contributed by atoms with Crippen LogP contribution in [0.2, 0.25) is 0 Å². The standard InChI is InChI=1S/C49H50O16/c1-5-45(54)62-27-33(50)23-58-41-19-17-31(21-43(41)60-25-35(52)29-64-47(56)7-3)49(39-15-11-9-13-37(39)38-14-10-12-16-40(38)49)32-18-20-42(59-24-34(51)28-63-46(55)6-2)44(22-32)61-26-36(53)30-65-48(57)8-4/h5-22,33-36,50-53H,1-4,23-30H2. The van der Waals surface area contributed by atoms with Crippen molar-refractivity contribution in [3.63, 3.8) is 0 Å². The Morgan fingerprint density at radius 2 is 0.723 bits per heavy atom. The van der Waals surface area contributed by atoms with E-state index in [4.69, 9.17) is 37.9 Å². The summed E-state index contributed by atoms with van der Waals surface area (Å²) in [5.41, 5.74) is 3.58. The van der Waals surface area contributed by atoms with Crippen LogP contribution in [0.4, 0.5) is 0 Å². The highest BCUT2D eigenvalue weighted by Gasteiger charge is 2.47. The minimum absolute atomic E-state index is 0.118. The van der Waals surface area contributed by atoms with E-state index in [-0.39, 0.29) is 62.6 Å². The van der Waals surface area contributed by atoms with Gasteiger partial charge in [-0.3, -0.25) is 0 Å². The van der Waals surface area contributed by atoms with E-state index in [1.165, 1.54) is 0 Å². The number of rotatable bonds is 26. The van der Waals surface area contributed by atoms with Gasteiger partial charge in [0.2, 0.25) is 0 Å². The quantitative estimate of drug-likeness (QED) is 0.0351. The van der Waals surface area contributed by atoms with Gasteiger partial charge in [-0.1, -0.05) is 87.0 Å². The van der Waals surface area contributed by atoms with Crippen molar-refractivity contribution in [2.45, 2.75) is 29.8 Å². The van der Waals surface area contributed by atoms with Crippen molar-refractivity contribution in [1.82, 2.24) is 0 Å². The number of fused-ring (bicyclic) bond motifs is 3. The summed E-state index contributed by atoms with van der Waals surface area (Å²) in [7, 11) is 0. The Morgan fingerprint density at radius 1 is 0.431 bits per heavy atom. The van der Waals surface area contributed by atoms with Gasteiger partial charge in [-0.2, -0.15) is 0 Å². The molecule has 0 aromatic heterocycles. The predicted molar refractivity (Wildman–Crippen MR) is 234 cm³/mol. The van der Waals surface area contributed by atoms with Gasteiger partial charge in [-0.25, -0.2) is 19.2 Å². The number of esters is 4. The number of carbonyl (C=O) groups excluding carboxylic acids is 4. The summed E-state index contributed by atoms with van der Waals surface area (Å²) in [5.74, 6) is -2.41. The fourth-order valence-electron chi connectivity index (χ4n) is 6.86. The molecule has 1 aliphatic carbocycles. The van der Waals surface area contributed by atoms with Gasteiger partial charge >= 0.3 is 23.9 Å². The lowest BCUT2D eigenvalue weighted by Gasteiger charge is -2.35. The van der Waals surface area contributed by atoms with E-state index in [0.717, 1.165) is 46.6 Å². The topological polar surface area (TPSA) is 223 Å². The largest absolute Gasteiger partial charge is 0.487 e. The van der Waals surface area contributed by atoms with Crippen molar-refractivity contribution in [3.8, 4) is 34.1 Å². The molecule has 16 heteroatoms. The fraction of sp³-hybridized carbons (Fsp3) is 0.265. The molecule has 0 bridgehead atoms. The fourth-order valence-corrected chi connectivity index (χ4v) is 6.86. The first kappa shape index (κ1) is 48.8. The molecule has 4 atom stereocenters. The monoisotopic (exact) mass is 894 g/mol. The van der Waals surface area contributed by atoms with Crippen LogP contribution in [0.25, 0.3) is 11.1 Å². The molecule has 0 aliphatic heterocycles. The SMILES string of the molecule is C=CC(=O)OCC(O)COc1ccc(C2(c3ccc(OCC(O)COC(=O)C=C)c(OCC(O)COC(=O)C=C)c3)c3ccccc3-c3ccccc32)cc1OCC(O)COC(=O)C=C. The molecule has 4 aromatic rings. The second-order valence-electron chi connectivity index (χ2n) is 14.4. The number of aliphatic hydroxyl groups is 4. The van der Waals surface area contributed by atoms with Crippen molar-refractivity contribution in [1.29, 1.82) is 0 Å². The first-order chi connectivity index (χ1) is 31.3. The molecule has 5 rings (SSSR count). The van der Waals surface area contributed by atoms with E-state index in [9.17, 15) is 39.6 Å². The Hall–Kier alpha value is -7.24. The van der Waals surface area contributed by atoms with Crippen LogP contribution in [0.1, 0.15) is 22.3 Å². The molecule has 342 valence electrons. The third-order valence-corrected chi connectivity index (χ3v) is 9.77. The second-order valence-corrected chi connectivity index (χ2v) is 14.4. The minimum atomic E-state index is -1.28. The number of ether oxygens (including phenoxy) is 8. The molecule has 0 amide bonds. The van der Waals surface area contributed by atoms with E-state index < -0.39 is 66.9 Å². The highest BCUT2D eigenvalue weighted by Crippen LogP contribution is 2.57. The number of carbonyl (C=O) groups is 4. The van der Waals surface area contributed by atoms with Gasteiger partial charge in [0.05, 0.1) is 5.41 Å². The summed E-state index contributed by atoms with van der Waals surface area (Å²) >= 11 is 0. The van der Waals surface area contributed by atoms with E-state index >= 15 is 0 Å². The molecule has 0 fully saturated rings. The molecular weight excluding hydrogens is 845 g/mol. The molecule has 16 nitrogen and oxygen atoms in total. The molecule has 0 saturated heterocycles. The number of benzene rings is 4. The molecule has 0 spiro atoms. The van der Waals surface area contributed by atoms with Gasteiger partial charge in [0.25, 0.3) is 0 Å². The van der Waals surface area contributed by atoms with E-state index in [1.807, 2.05) is 48.5 Å². The van der Waals surface area contributed by atoms with Crippen LogP contribution in [0.15, 0.2) is 136 Å². The van der Waals surface area contributed by atoms with Crippen molar-refractivity contribution in [2.24, 2.45) is 0 Å². The summed E-state index contributed by atoms with van der Waals surface area (Å²) in [6.07, 6.45) is -1.20. The highest BCUT2D eigenvalue weighted by atomic mass is 16.6. The highest BCUT2D eigenvalue weighted by molar-refractivity contribution is 5.87. The van der Waals surface area contributed by atoms with E-state index in [0.29, 0.717) is 11.1 Å². The maximum atomic E-state index is 11.7. The summed E-state index contributed by atoms with van der Waals surface area (Å²) < 4.78 is 44.3. The average Bonchev–Trinajstić information content (AvgIpc) is 3.64. The molecule has 1 aliphatic rings. The Bertz CT molecular complexity index is 2190. The first-order valence-electron chi connectivity index (χ1n) is 20.2. The summed E-state index contributed by atoms with van der Waals surface area (Å²) in [6.45, 7) is 10.5.